The van der Waals surface area contributed by atoms with Crippen molar-refractivity contribution in [3.63, 3.8) is 0 Å². The molecule has 0 bridgehead atoms. The van der Waals surface area contributed by atoms with Crippen molar-refractivity contribution in [2.45, 2.75) is 51.7 Å². The van der Waals surface area contributed by atoms with Crippen LogP contribution in [-0.4, -0.2) is 24.8 Å². The molecule has 1 saturated heterocycles. The molecule has 0 radical (unpaired) electrons. The molecule has 100 valence electrons. The van der Waals surface area contributed by atoms with Gasteiger partial charge in [-0.05, 0) is 52.1 Å². The molecule has 1 atom stereocenters. The van der Waals surface area contributed by atoms with E-state index < -0.39 is 0 Å². The van der Waals surface area contributed by atoms with Crippen LogP contribution in [-0.2, 0) is 11.2 Å². The lowest BCUT2D eigenvalue weighted by Gasteiger charge is -2.36. The van der Waals surface area contributed by atoms with Crippen molar-refractivity contribution in [2.75, 3.05) is 13.2 Å². The molecule has 18 heavy (non-hydrogen) atoms. The Bertz CT molecular complexity index is 386. The molecule has 2 nitrogen and oxygen atoms in total. The van der Waals surface area contributed by atoms with Crippen LogP contribution < -0.4 is 5.32 Å². The van der Waals surface area contributed by atoms with Gasteiger partial charge in [0.2, 0.25) is 0 Å². The number of nitrogens with one attached hydrogen (secondary N) is 1. The second-order valence-corrected chi connectivity index (χ2v) is 5.99. The highest BCUT2D eigenvalue weighted by molar-refractivity contribution is 5.22. The number of hydrogen-bond donors (Lipinski definition) is 1. The van der Waals surface area contributed by atoms with E-state index in [0.29, 0.717) is 6.04 Å². The van der Waals surface area contributed by atoms with Crippen molar-refractivity contribution >= 4 is 0 Å². The van der Waals surface area contributed by atoms with Crippen molar-refractivity contribution in [3.8, 4) is 0 Å². The Hall–Kier alpha value is -0.860. The van der Waals surface area contributed by atoms with Gasteiger partial charge in [0.1, 0.15) is 0 Å². The van der Waals surface area contributed by atoms with E-state index in [1.54, 1.807) is 0 Å². The molecule has 2 heteroatoms. The highest BCUT2D eigenvalue weighted by atomic mass is 16.5. The van der Waals surface area contributed by atoms with Crippen molar-refractivity contribution in [1.29, 1.82) is 0 Å². The lowest BCUT2D eigenvalue weighted by atomic mass is 9.94. The molecule has 0 saturated carbocycles. The third kappa shape index (κ3) is 4.11. The maximum Gasteiger partial charge on any atom is 0.0641 e. The quantitative estimate of drug-likeness (QED) is 0.883. The van der Waals surface area contributed by atoms with Gasteiger partial charge in [0.25, 0.3) is 0 Å². The number of rotatable bonds is 4. The van der Waals surface area contributed by atoms with Crippen molar-refractivity contribution in [1.82, 2.24) is 5.32 Å². The Morgan fingerprint density at radius 3 is 2.94 bits per heavy atom. The summed E-state index contributed by atoms with van der Waals surface area (Å²) in [4.78, 5) is 0. The first-order chi connectivity index (χ1) is 8.55. The fourth-order valence-electron chi connectivity index (χ4n) is 2.69. The predicted octanol–water partition coefficient (Wildman–Crippen LogP) is 3.08. The standard InChI is InChI=1S/C16H25NO/c1-13-5-4-6-14(11-13)7-9-17-15-8-10-18-16(2,3)12-15/h4-6,11,15,17H,7-10,12H2,1-3H3. The summed E-state index contributed by atoms with van der Waals surface area (Å²) in [5.41, 5.74) is 2.81. The summed E-state index contributed by atoms with van der Waals surface area (Å²) in [6.45, 7) is 8.46. The molecular formula is C16H25NO. The second kappa shape index (κ2) is 5.85. The first-order valence-electron chi connectivity index (χ1n) is 6.98. The molecule has 1 aromatic rings. The zero-order valence-electron chi connectivity index (χ0n) is 11.8. The fraction of sp³-hybridized carbons (Fsp3) is 0.625. The van der Waals surface area contributed by atoms with Crippen LogP contribution in [0.3, 0.4) is 0 Å². The van der Waals surface area contributed by atoms with Crippen LogP contribution in [0.2, 0.25) is 0 Å². The van der Waals surface area contributed by atoms with Crippen LogP contribution in [0.1, 0.15) is 37.8 Å². The van der Waals surface area contributed by atoms with E-state index in [2.05, 4.69) is 50.4 Å². The minimum atomic E-state index is 0.0409. The SMILES string of the molecule is Cc1cccc(CCNC2CCOC(C)(C)C2)c1. The van der Waals surface area contributed by atoms with Gasteiger partial charge in [-0.3, -0.25) is 0 Å². The molecule has 1 heterocycles. The van der Waals surface area contributed by atoms with Crippen molar-refractivity contribution < 1.29 is 4.74 Å². The summed E-state index contributed by atoms with van der Waals surface area (Å²) in [7, 11) is 0. The fourth-order valence-corrected chi connectivity index (χ4v) is 2.69. The van der Waals surface area contributed by atoms with Gasteiger partial charge < -0.3 is 10.1 Å². The monoisotopic (exact) mass is 247 g/mol. The first-order valence-corrected chi connectivity index (χ1v) is 6.98. The van der Waals surface area contributed by atoms with E-state index in [1.807, 2.05) is 0 Å². The number of benzene rings is 1. The summed E-state index contributed by atoms with van der Waals surface area (Å²) < 4.78 is 5.74. The van der Waals surface area contributed by atoms with Crippen molar-refractivity contribution in [2.24, 2.45) is 0 Å². The van der Waals surface area contributed by atoms with Crippen LogP contribution in [0, 0.1) is 6.92 Å². The van der Waals surface area contributed by atoms with E-state index in [0.717, 1.165) is 32.4 Å². The number of aryl methyl sites for hydroxylation is 1. The van der Waals surface area contributed by atoms with E-state index in [1.165, 1.54) is 11.1 Å². The molecular weight excluding hydrogens is 222 g/mol. The van der Waals surface area contributed by atoms with E-state index in [9.17, 15) is 0 Å². The largest absolute Gasteiger partial charge is 0.375 e. The van der Waals surface area contributed by atoms with Gasteiger partial charge >= 0.3 is 0 Å². The highest BCUT2D eigenvalue weighted by Crippen LogP contribution is 2.23. The smallest absolute Gasteiger partial charge is 0.0641 e. The van der Waals surface area contributed by atoms with Gasteiger partial charge in [0, 0.05) is 12.6 Å². The Balaban J connectivity index is 1.75. The molecule has 1 fully saturated rings. The average Bonchev–Trinajstić information content (AvgIpc) is 2.28. The van der Waals surface area contributed by atoms with Crippen molar-refractivity contribution in [3.05, 3.63) is 35.4 Å². The van der Waals surface area contributed by atoms with Crippen LogP contribution in [0.4, 0.5) is 0 Å². The summed E-state index contributed by atoms with van der Waals surface area (Å²) in [6, 6.07) is 9.39. The molecule has 0 aliphatic carbocycles. The van der Waals surface area contributed by atoms with Crippen LogP contribution in [0.15, 0.2) is 24.3 Å². The second-order valence-electron chi connectivity index (χ2n) is 5.99. The summed E-state index contributed by atoms with van der Waals surface area (Å²) in [5, 5.41) is 3.67. The molecule has 1 aliphatic rings. The topological polar surface area (TPSA) is 21.3 Å². The van der Waals surface area contributed by atoms with Crippen LogP contribution >= 0.6 is 0 Å². The molecule has 2 rings (SSSR count). The molecule has 1 aromatic carbocycles. The Morgan fingerprint density at radius 2 is 2.22 bits per heavy atom. The molecule has 0 amide bonds. The number of ether oxygens (including phenoxy) is 1. The maximum atomic E-state index is 5.74. The van der Waals surface area contributed by atoms with Gasteiger partial charge in [0.15, 0.2) is 0 Å². The lowest BCUT2D eigenvalue weighted by Crippen LogP contribution is -2.44. The van der Waals surface area contributed by atoms with Gasteiger partial charge in [0.05, 0.1) is 5.60 Å². The van der Waals surface area contributed by atoms with E-state index >= 15 is 0 Å². The Morgan fingerprint density at radius 1 is 1.39 bits per heavy atom. The predicted molar refractivity (Wildman–Crippen MR) is 75.9 cm³/mol. The summed E-state index contributed by atoms with van der Waals surface area (Å²) in [5.74, 6) is 0. The van der Waals surface area contributed by atoms with Gasteiger partial charge in [-0.15, -0.1) is 0 Å². The van der Waals surface area contributed by atoms with E-state index in [4.69, 9.17) is 4.74 Å². The molecule has 0 spiro atoms. The molecule has 1 unspecified atom stereocenters. The number of hydrogen-bond acceptors (Lipinski definition) is 2. The normalized spacial score (nSPS) is 22.9. The minimum Gasteiger partial charge on any atom is -0.375 e. The maximum absolute atomic E-state index is 5.74. The molecule has 0 aromatic heterocycles. The highest BCUT2D eigenvalue weighted by Gasteiger charge is 2.28. The average molecular weight is 247 g/mol. The summed E-state index contributed by atoms with van der Waals surface area (Å²) >= 11 is 0. The first kappa shape index (κ1) is 13.6. The third-order valence-corrected chi connectivity index (χ3v) is 3.63. The lowest BCUT2D eigenvalue weighted by molar-refractivity contribution is -0.0627. The van der Waals surface area contributed by atoms with Gasteiger partial charge in [-0.1, -0.05) is 29.8 Å². The van der Waals surface area contributed by atoms with Gasteiger partial charge in [-0.25, -0.2) is 0 Å². The third-order valence-electron chi connectivity index (χ3n) is 3.63. The Kier molecular flexibility index (Phi) is 4.41. The van der Waals surface area contributed by atoms with Crippen LogP contribution in [0.5, 0.6) is 0 Å². The van der Waals surface area contributed by atoms with E-state index in [-0.39, 0.29) is 5.60 Å². The zero-order valence-corrected chi connectivity index (χ0v) is 11.8. The molecule has 1 N–H and O–H groups in total. The zero-order chi connectivity index (χ0) is 13.0. The Labute approximate surface area is 111 Å². The van der Waals surface area contributed by atoms with Crippen LogP contribution in [0.25, 0.3) is 0 Å². The minimum absolute atomic E-state index is 0.0409. The molecule has 1 aliphatic heterocycles. The van der Waals surface area contributed by atoms with Gasteiger partial charge in [-0.2, -0.15) is 0 Å². The summed E-state index contributed by atoms with van der Waals surface area (Å²) in [6.07, 6.45) is 3.36.